The quantitative estimate of drug-likeness (QED) is 0.824. The Labute approximate surface area is 116 Å². The minimum absolute atomic E-state index is 0.389. The van der Waals surface area contributed by atoms with Crippen molar-refractivity contribution >= 4 is 9.84 Å². The van der Waals surface area contributed by atoms with Crippen LogP contribution in [-0.2, 0) is 9.84 Å². The van der Waals surface area contributed by atoms with Crippen LogP contribution < -0.4 is 5.73 Å². The average Bonchev–Trinajstić information content (AvgIpc) is 2.72. The third kappa shape index (κ3) is 2.45. The lowest BCUT2D eigenvalue weighted by molar-refractivity contribution is -0.0997. The van der Waals surface area contributed by atoms with E-state index in [9.17, 15) is 13.5 Å². The second kappa shape index (κ2) is 5.01. The molecule has 0 aliphatic heterocycles. The zero-order valence-electron chi connectivity index (χ0n) is 12.1. The molecule has 2 rings (SSSR count). The van der Waals surface area contributed by atoms with Crippen molar-refractivity contribution in [2.45, 2.75) is 62.7 Å². The van der Waals surface area contributed by atoms with Crippen LogP contribution in [-0.4, -0.2) is 37.2 Å². The molecule has 19 heavy (non-hydrogen) atoms. The molecule has 5 heteroatoms. The van der Waals surface area contributed by atoms with Crippen LogP contribution in [0.4, 0.5) is 0 Å². The standard InChI is InChI=1S/C14H27NO3S/c1-11-5-3-7-13(9-11,10-15)14(16)8-4-6-12(14)19(2,17)18/h11-12,16H,3-10,15H2,1-2H3. The molecule has 0 amide bonds. The summed E-state index contributed by atoms with van der Waals surface area (Å²) in [5, 5.41) is 10.6. The second-order valence-corrected chi connectivity index (χ2v) is 9.05. The fourth-order valence-electron chi connectivity index (χ4n) is 4.55. The van der Waals surface area contributed by atoms with Crippen LogP contribution in [0.25, 0.3) is 0 Å². The Balaban J connectivity index is 2.40. The van der Waals surface area contributed by atoms with Gasteiger partial charge in [-0.25, -0.2) is 8.42 Å². The number of nitrogens with two attached hydrogens (primary N) is 1. The maximum atomic E-state index is 12.0. The molecule has 2 fully saturated rings. The van der Waals surface area contributed by atoms with Gasteiger partial charge in [-0.1, -0.05) is 19.8 Å². The first kappa shape index (κ1) is 15.3. The van der Waals surface area contributed by atoms with Crippen LogP contribution in [0.2, 0.25) is 0 Å². The highest BCUT2D eigenvalue weighted by atomic mass is 32.2. The third-order valence-corrected chi connectivity index (χ3v) is 7.13. The minimum atomic E-state index is -3.23. The Bertz CT molecular complexity index is 436. The maximum absolute atomic E-state index is 12.0. The molecule has 0 heterocycles. The van der Waals surface area contributed by atoms with Crippen molar-refractivity contribution in [2.24, 2.45) is 17.1 Å². The first-order chi connectivity index (χ1) is 8.75. The molecule has 0 aromatic carbocycles. The van der Waals surface area contributed by atoms with Crippen molar-refractivity contribution < 1.29 is 13.5 Å². The molecule has 0 bridgehead atoms. The molecule has 4 atom stereocenters. The molecule has 0 aromatic heterocycles. The van der Waals surface area contributed by atoms with Gasteiger partial charge in [-0.2, -0.15) is 0 Å². The zero-order valence-corrected chi connectivity index (χ0v) is 12.9. The van der Waals surface area contributed by atoms with Crippen LogP contribution in [0.5, 0.6) is 0 Å². The summed E-state index contributed by atoms with van der Waals surface area (Å²) < 4.78 is 24.1. The van der Waals surface area contributed by atoms with E-state index >= 15 is 0 Å². The summed E-state index contributed by atoms with van der Waals surface area (Å²) in [6, 6.07) is 0. The lowest BCUT2D eigenvalue weighted by Crippen LogP contribution is -2.60. The summed E-state index contributed by atoms with van der Waals surface area (Å²) in [5.74, 6) is 0.516. The number of hydrogen-bond donors (Lipinski definition) is 2. The highest BCUT2D eigenvalue weighted by Gasteiger charge is 2.59. The first-order valence-corrected chi connectivity index (χ1v) is 9.32. The number of rotatable bonds is 3. The Morgan fingerprint density at radius 1 is 1.26 bits per heavy atom. The van der Waals surface area contributed by atoms with Crippen molar-refractivity contribution in [2.75, 3.05) is 12.8 Å². The minimum Gasteiger partial charge on any atom is -0.388 e. The summed E-state index contributed by atoms with van der Waals surface area (Å²) in [6.45, 7) is 2.57. The predicted molar refractivity (Wildman–Crippen MR) is 76.6 cm³/mol. The van der Waals surface area contributed by atoms with Gasteiger partial charge in [0.05, 0.1) is 10.9 Å². The van der Waals surface area contributed by atoms with E-state index in [0.717, 1.165) is 32.1 Å². The maximum Gasteiger partial charge on any atom is 0.153 e. The van der Waals surface area contributed by atoms with Crippen LogP contribution >= 0.6 is 0 Å². The van der Waals surface area contributed by atoms with E-state index in [-0.39, 0.29) is 0 Å². The van der Waals surface area contributed by atoms with Gasteiger partial charge in [-0.3, -0.25) is 0 Å². The van der Waals surface area contributed by atoms with E-state index in [1.165, 1.54) is 6.26 Å². The predicted octanol–water partition coefficient (Wildman–Crippen LogP) is 1.47. The van der Waals surface area contributed by atoms with E-state index in [0.29, 0.717) is 25.3 Å². The number of sulfone groups is 1. The van der Waals surface area contributed by atoms with Crippen molar-refractivity contribution in [1.29, 1.82) is 0 Å². The summed E-state index contributed by atoms with van der Waals surface area (Å²) in [5.41, 5.74) is 4.49. The molecule has 0 radical (unpaired) electrons. The fraction of sp³-hybridized carbons (Fsp3) is 1.00. The zero-order chi connectivity index (χ0) is 14.3. The van der Waals surface area contributed by atoms with Gasteiger partial charge in [-0.15, -0.1) is 0 Å². The molecule has 2 aliphatic carbocycles. The Kier molecular flexibility index (Phi) is 4.02. The molecule has 0 saturated heterocycles. The van der Waals surface area contributed by atoms with E-state index < -0.39 is 26.1 Å². The molecule has 0 aromatic rings. The van der Waals surface area contributed by atoms with E-state index in [1.54, 1.807) is 0 Å². The fourth-order valence-corrected chi connectivity index (χ4v) is 6.22. The van der Waals surface area contributed by atoms with E-state index in [2.05, 4.69) is 6.92 Å². The van der Waals surface area contributed by atoms with Gasteiger partial charge in [0.2, 0.25) is 0 Å². The van der Waals surface area contributed by atoms with Crippen molar-refractivity contribution in [3.63, 3.8) is 0 Å². The number of aliphatic hydroxyl groups is 1. The van der Waals surface area contributed by atoms with E-state index in [4.69, 9.17) is 5.73 Å². The second-order valence-electron chi connectivity index (χ2n) is 6.82. The van der Waals surface area contributed by atoms with Crippen LogP contribution in [0.1, 0.15) is 51.9 Å². The van der Waals surface area contributed by atoms with Gasteiger partial charge in [0.25, 0.3) is 0 Å². The lowest BCUT2D eigenvalue weighted by atomic mass is 9.60. The van der Waals surface area contributed by atoms with Gasteiger partial charge in [0, 0.05) is 18.2 Å². The van der Waals surface area contributed by atoms with Gasteiger partial charge in [0.1, 0.15) is 0 Å². The van der Waals surface area contributed by atoms with Gasteiger partial charge in [-0.05, 0) is 38.0 Å². The SMILES string of the molecule is CC1CCCC(CN)(C2(O)CCCC2S(C)(=O)=O)C1. The Hall–Kier alpha value is -0.130. The molecule has 4 unspecified atom stereocenters. The molecule has 2 aliphatic rings. The average molecular weight is 289 g/mol. The smallest absolute Gasteiger partial charge is 0.153 e. The molecule has 3 N–H and O–H groups in total. The van der Waals surface area contributed by atoms with Gasteiger partial charge < -0.3 is 10.8 Å². The van der Waals surface area contributed by atoms with Crippen LogP contribution in [0.15, 0.2) is 0 Å². The Morgan fingerprint density at radius 3 is 2.42 bits per heavy atom. The normalized spacial score (nSPS) is 44.4. The highest BCUT2D eigenvalue weighted by Crippen LogP contribution is 2.54. The van der Waals surface area contributed by atoms with Crippen LogP contribution in [0, 0.1) is 11.3 Å². The topological polar surface area (TPSA) is 80.4 Å². The molecule has 2 saturated carbocycles. The monoisotopic (exact) mass is 289 g/mol. The third-order valence-electron chi connectivity index (χ3n) is 5.47. The van der Waals surface area contributed by atoms with Crippen LogP contribution in [0.3, 0.4) is 0 Å². The van der Waals surface area contributed by atoms with E-state index in [1.807, 2.05) is 0 Å². The number of hydrogen-bond acceptors (Lipinski definition) is 4. The summed E-state index contributed by atoms with van der Waals surface area (Å²) >= 11 is 0. The first-order valence-electron chi connectivity index (χ1n) is 7.36. The van der Waals surface area contributed by atoms with Crippen molar-refractivity contribution in [3.8, 4) is 0 Å². The molecular formula is C14H27NO3S. The van der Waals surface area contributed by atoms with Crippen molar-refractivity contribution in [3.05, 3.63) is 0 Å². The molecule has 4 nitrogen and oxygen atoms in total. The Morgan fingerprint density at radius 2 is 1.89 bits per heavy atom. The highest BCUT2D eigenvalue weighted by molar-refractivity contribution is 7.91. The van der Waals surface area contributed by atoms with Gasteiger partial charge in [0.15, 0.2) is 9.84 Å². The summed E-state index contributed by atoms with van der Waals surface area (Å²) in [4.78, 5) is 0. The lowest BCUT2D eigenvalue weighted by Gasteiger charge is -2.51. The molecule has 112 valence electrons. The molecule has 0 spiro atoms. The van der Waals surface area contributed by atoms with Gasteiger partial charge >= 0.3 is 0 Å². The van der Waals surface area contributed by atoms with Crippen molar-refractivity contribution in [1.82, 2.24) is 0 Å². The summed E-state index contributed by atoms with van der Waals surface area (Å²) in [6.07, 6.45) is 7.09. The largest absolute Gasteiger partial charge is 0.388 e. The molecular weight excluding hydrogens is 262 g/mol. The summed E-state index contributed by atoms with van der Waals surface area (Å²) in [7, 11) is -3.23.